The number of H-pyrrole nitrogens is 1. The number of nitrogens with one attached hydrogen (secondary N) is 1. The number of aromatic nitrogens is 2. The SMILES string of the molecule is Cc1cc(C)cc(OCCc2nc(C)c(CCO)c(=O)[nH]2)c1. The topological polar surface area (TPSA) is 75.2 Å². The molecular weight excluding hydrogens is 280 g/mol. The Labute approximate surface area is 130 Å². The second-order valence-electron chi connectivity index (χ2n) is 5.47. The van der Waals surface area contributed by atoms with E-state index in [1.807, 2.05) is 26.0 Å². The highest BCUT2D eigenvalue weighted by Crippen LogP contribution is 2.16. The Balaban J connectivity index is 2.01. The molecule has 1 aromatic heterocycles. The van der Waals surface area contributed by atoms with Crippen LogP contribution in [0.3, 0.4) is 0 Å². The van der Waals surface area contributed by atoms with Crippen LogP contribution in [0.2, 0.25) is 0 Å². The number of hydrogen-bond acceptors (Lipinski definition) is 4. The van der Waals surface area contributed by atoms with Crippen LogP contribution < -0.4 is 10.3 Å². The van der Waals surface area contributed by atoms with Crippen LogP contribution in [0.4, 0.5) is 0 Å². The van der Waals surface area contributed by atoms with Crippen LogP contribution in [-0.2, 0) is 12.8 Å². The standard InChI is InChI=1S/C17H22N2O3/c1-11-8-12(2)10-14(9-11)22-7-5-16-18-13(3)15(4-6-20)17(21)19-16/h8-10,20H,4-7H2,1-3H3,(H,18,19,21). The molecule has 0 amide bonds. The summed E-state index contributed by atoms with van der Waals surface area (Å²) in [5, 5.41) is 8.95. The van der Waals surface area contributed by atoms with Gasteiger partial charge >= 0.3 is 0 Å². The minimum atomic E-state index is -0.178. The first kappa shape index (κ1) is 16.2. The van der Waals surface area contributed by atoms with Gasteiger partial charge in [-0.3, -0.25) is 4.79 Å². The largest absolute Gasteiger partial charge is 0.493 e. The number of aliphatic hydroxyl groups is 1. The van der Waals surface area contributed by atoms with E-state index < -0.39 is 0 Å². The molecule has 1 heterocycles. The van der Waals surface area contributed by atoms with E-state index in [0.29, 0.717) is 36.5 Å². The van der Waals surface area contributed by atoms with Gasteiger partial charge in [0, 0.05) is 30.7 Å². The first-order valence-electron chi connectivity index (χ1n) is 7.40. The van der Waals surface area contributed by atoms with Gasteiger partial charge in [-0.15, -0.1) is 0 Å². The first-order valence-corrected chi connectivity index (χ1v) is 7.40. The van der Waals surface area contributed by atoms with Gasteiger partial charge in [-0.2, -0.15) is 0 Å². The maximum absolute atomic E-state index is 11.9. The van der Waals surface area contributed by atoms with Gasteiger partial charge in [0.05, 0.1) is 6.61 Å². The van der Waals surface area contributed by atoms with Crippen molar-refractivity contribution in [3.8, 4) is 5.75 Å². The second kappa shape index (κ2) is 7.22. The highest BCUT2D eigenvalue weighted by molar-refractivity contribution is 5.33. The van der Waals surface area contributed by atoms with E-state index in [0.717, 1.165) is 16.9 Å². The lowest BCUT2D eigenvalue weighted by molar-refractivity contribution is 0.298. The molecule has 0 atom stereocenters. The van der Waals surface area contributed by atoms with E-state index in [2.05, 4.69) is 16.0 Å². The Morgan fingerprint density at radius 2 is 1.82 bits per heavy atom. The highest BCUT2D eigenvalue weighted by Gasteiger charge is 2.08. The van der Waals surface area contributed by atoms with Crippen LogP contribution >= 0.6 is 0 Å². The molecule has 0 radical (unpaired) electrons. The van der Waals surface area contributed by atoms with Crippen molar-refractivity contribution in [1.82, 2.24) is 9.97 Å². The van der Waals surface area contributed by atoms with Crippen molar-refractivity contribution in [1.29, 1.82) is 0 Å². The number of aryl methyl sites for hydroxylation is 3. The number of hydrogen-bond donors (Lipinski definition) is 2. The summed E-state index contributed by atoms with van der Waals surface area (Å²) in [7, 11) is 0. The molecule has 0 saturated heterocycles. The molecule has 2 rings (SSSR count). The lowest BCUT2D eigenvalue weighted by atomic mass is 10.1. The van der Waals surface area contributed by atoms with E-state index >= 15 is 0 Å². The Morgan fingerprint density at radius 3 is 2.41 bits per heavy atom. The van der Waals surface area contributed by atoms with Gasteiger partial charge < -0.3 is 14.8 Å². The fourth-order valence-corrected chi connectivity index (χ4v) is 2.48. The Morgan fingerprint density at radius 1 is 1.14 bits per heavy atom. The zero-order valence-corrected chi connectivity index (χ0v) is 13.3. The summed E-state index contributed by atoms with van der Waals surface area (Å²) in [6, 6.07) is 6.06. The van der Waals surface area contributed by atoms with E-state index in [4.69, 9.17) is 9.84 Å². The van der Waals surface area contributed by atoms with Gasteiger partial charge in [0.2, 0.25) is 0 Å². The average molecular weight is 302 g/mol. The minimum absolute atomic E-state index is 0.0548. The summed E-state index contributed by atoms with van der Waals surface area (Å²) in [5.74, 6) is 1.43. The third-order valence-electron chi connectivity index (χ3n) is 3.44. The third-order valence-corrected chi connectivity index (χ3v) is 3.44. The van der Waals surface area contributed by atoms with E-state index in [-0.39, 0.29) is 12.2 Å². The number of nitrogens with zero attached hydrogens (tertiary/aromatic N) is 1. The van der Waals surface area contributed by atoms with E-state index in [1.165, 1.54) is 0 Å². The molecule has 5 nitrogen and oxygen atoms in total. The molecule has 0 saturated carbocycles. The van der Waals surface area contributed by atoms with Gasteiger partial charge in [0.15, 0.2) is 0 Å². The van der Waals surface area contributed by atoms with E-state index in [1.54, 1.807) is 6.92 Å². The van der Waals surface area contributed by atoms with Gasteiger partial charge in [-0.25, -0.2) is 4.98 Å². The van der Waals surface area contributed by atoms with Crippen molar-refractivity contribution < 1.29 is 9.84 Å². The lowest BCUT2D eigenvalue weighted by Gasteiger charge is -2.09. The van der Waals surface area contributed by atoms with Crippen LogP contribution in [0.15, 0.2) is 23.0 Å². The van der Waals surface area contributed by atoms with E-state index in [9.17, 15) is 4.79 Å². The number of aliphatic hydroxyl groups excluding tert-OH is 1. The highest BCUT2D eigenvalue weighted by atomic mass is 16.5. The molecule has 2 N–H and O–H groups in total. The fourth-order valence-electron chi connectivity index (χ4n) is 2.48. The smallest absolute Gasteiger partial charge is 0.254 e. The lowest BCUT2D eigenvalue weighted by Crippen LogP contribution is -2.21. The fraction of sp³-hybridized carbons (Fsp3) is 0.412. The summed E-state index contributed by atoms with van der Waals surface area (Å²) in [4.78, 5) is 19.1. The van der Waals surface area contributed by atoms with Crippen molar-refractivity contribution in [3.05, 3.63) is 56.8 Å². The number of ether oxygens (including phenoxy) is 1. The normalized spacial score (nSPS) is 10.7. The molecule has 0 aliphatic heterocycles. The molecule has 22 heavy (non-hydrogen) atoms. The number of rotatable bonds is 6. The van der Waals surface area contributed by atoms with Crippen molar-refractivity contribution in [2.24, 2.45) is 0 Å². The zero-order chi connectivity index (χ0) is 16.1. The van der Waals surface area contributed by atoms with Crippen LogP contribution in [0.1, 0.15) is 28.2 Å². The Kier molecular flexibility index (Phi) is 5.33. The van der Waals surface area contributed by atoms with Crippen molar-refractivity contribution in [2.75, 3.05) is 13.2 Å². The molecule has 1 aromatic carbocycles. The molecule has 0 aliphatic carbocycles. The molecule has 0 bridgehead atoms. The van der Waals surface area contributed by atoms with Crippen LogP contribution in [0.25, 0.3) is 0 Å². The molecule has 0 unspecified atom stereocenters. The summed E-state index contributed by atoms with van der Waals surface area (Å²) >= 11 is 0. The molecule has 118 valence electrons. The minimum Gasteiger partial charge on any atom is -0.493 e. The second-order valence-corrected chi connectivity index (χ2v) is 5.47. The summed E-state index contributed by atoms with van der Waals surface area (Å²) < 4.78 is 5.73. The van der Waals surface area contributed by atoms with Gasteiger partial charge in [0.1, 0.15) is 11.6 Å². The maximum Gasteiger partial charge on any atom is 0.254 e. The van der Waals surface area contributed by atoms with Gasteiger partial charge in [0.25, 0.3) is 5.56 Å². The van der Waals surface area contributed by atoms with Crippen molar-refractivity contribution >= 4 is 0 Å². The molecule has 5 heteroatoms. The van der Waals surface area contributed by atoms with Crippen LogP contribution in [0.5, 0.6) is 5.75 Å². The predicted octanol–water partition coefficient (Wildman–Crippen LogP) is 1.85. The van der Waals surface area contributed by atoms with Crippen LogP contribution in [-0.4, -0.2) is 28.3 Å². The third kappa shape index (κ3) is 4.18. The molecule has 2 aromatic rings. The Hall–Kier alpha value is -2.14. The average Bonchev–Trinajstić information content (AvgIpc) is 2.42. The van der Waals surface area contributed by atoms with Gasteiger partial charge in [-0.05, 0) is 44.0 Å². The number of benzene rings is 1. The molecule has 0 fully saturated rings. The first-order chi connectivity index (χ1) is 10.5. The van der Waals surface area contributed by atoms with Crippen molar-refractivity contribution in [3.63, 3.8) is 0 Å². The number of aromatic amines is 1. The monoisotopic (exact) mass is 302 g/mol. The predicted molar refractivity (Wildman–Crippen MR) is 85.5 cm³/mol. The summed E-state index contributed by atoms with van der Waals surface area (Å²) in [6.07, 6.45) is 0.857. The quantitative estimate of drug-likeness (QED) is 0.854. The summed E-state index contributed by atoms with van der Waals surface area (Å²) in [6.45, 7) is 6.24. The zero-order valence-electron chi connectivity index (χ0n) is 13.3. The Bertz CT molecular complexity index is 687. The van der Waals surface area contributed by atoms with Crippen LogP contribution in [0, 0.1) is 20.8 Å². The maximum atomic E-state index is 11.9. The molecule has 0 aliphatic rings. The van der Waals surface area contributed by atoms with Gasteiger partial charge in [-0.1, -0.05) is 6.07 Å². The van der Waals surface area contributed by atoms with Crippen molar-refractivity contribution in [2.45, 2.75) is 33.6 Å². The molecule has 0 spiro atoms. The summed E-state index contributed by atoms with van der Waals surface area (Å²) in [5.41, 5.74) is 3.35. The molecular formula is C17H22N2O3.